The maximum Gasteiger partial charge on any atom is 0.197 e. The van der Waals surface area contributed by atoms with Gasteiger partial charge in [-0.05, 0) is 83.1 Å². The second-order valence-corrected chi connectivity index (χ2v) is 14.5. The van der Waals surface area contributed by atoms with Gasteiger partial charge < -0.3 is 10.2 Å². The molecule has 2 aromatic heterocycles. The monoisotopic (exact) mass is 644 g/mol. The smallest absolute Gasteiger partial charge is 0.197 e. The molecule has 6 rings (SSSR count). The molecule has 42 heavy (non-hydrogen) atoms. The molecule has 0 spiro atoms. The van der Waals surface area contributed by atoms with Crippen LogP contribution in [0.1, 0.15) is 50.7 Å². The zero-order valence-electron chi connectivity index (χ0n) is 23.5. The Kier molecular flexibility index (Phi) is 8.66. The Hall–Kier alpha value is -2.08. The second-order valence-electron chi connectivity index (χ2n) is 11.6. The van der Waals surface area contributed by atoms with E-state index >= 15 is 0 Å². The van der Waals surface area contributed by atoms with Crippen LogP contribution in [0.4, 0.5) is 0 Å². The van der Waals surface area contributed by atoms with Gasteiger partial charge in [0.15, 0.2) is 10.3 Å². The van der Waals surface area contributed by atoms with Crippen molar-refractivity contribution in [2.45, 2.75) is 74.1 Å². The number of aliphatic hydroxyl groups is 2. The molecule has 2 fully saturated rings. The van der Waals surface area contributed by atoms with Crippen LogP contribution in [0.2, 0.25) is 10.0 Å². The summed E-state index contributed by atoms with van der Waals surface area (Å²) in [5.74, 6) is 0.861. The van der Waals surface area contributed by atoms with E-state index in [9.17, 15) is 10.2 Å². The van der Waals surface area contributed by atoms with Gasteiger partial charge in [0.05, 0.1) is 13.1 Å². The van der Waals surface area contributed by atoms with Gasteiger partial charge in [-0.25, -0.2) is 19.3 Å². The van der Waals surface area contributed by atoms with E-state index in [2.05, 4.69) is 34.0 Å². The molecule has 4 unspecified atom stereocenters. The predicted octanol–water partition coefficient (Wildman–Crippen LogP) is 6.84. The SMILES string of the molecule is CC(C1CC1)C(O)(Cn1ncnc1SSc1ncnn1CC(O)(c1ccccc1Cl)C(C)C1CC1)c1ccccc1Cl. The molecule has 2 aliphatic carbocycles. The summed E-state index contributed by atoms with van der Waals surface area (Å²) in [6.45, 7) is 4.61. The fraction of sp³-hybridized carbons (Fsp3) is 0.467. The molecule has 0 aliphatic heterocycles. The number of aromatic nitrogens is 6. The molecule has 0 bridgehead atoms. The van der Waals surface area contributed by atoms with Crippen molar-refractivity contribution in [3.63, 3.8) is 0 Å². The summed E-state index contributed by atoms with van der Waals surface area (Å²) in [5.41, 5.74) is -1.02. The van der Waals surface area contributed by atoms with Gasteiger partial charge in [-0.1, -0.05) is 73.4 Å². The number of halogens is 2. The highest BCUT2D eigenvalue weighted by molar-refractivity contribution is 8.76. The summed E-state index contributed by atoms with van der Waals surface area (Å²) < 4.78 is 3.46. The minimum Gasteiger partial charge on any atom is -0.383 e. The third kappa shape index (κ3) is 5.99. The van der Waals surface area contributed by atoms with Crippen LogP contribution in [0, 0.1) is 23.7 Å². The van der Waals surface area contributed by atoms with Crippen LogP contribution >= 0.6 is 44.8 Å². The molecule has 2 aliphatic rings. The molecule has 0 saturated heterocycles. The summed E-state index contributed by atoms with van der Waals surface area (Å²) in [6.07, 6.45) is 7.37. The lowest BCUT2D eigenvalue weighted by atomic mass is 9.79. The van der Waals surface area contributed by atoms with Crippen molar-refractivity contribution in [3.05, 3.63) is 82.4 Å². The highest BCUT2D eigenvalue weighted by atomic mass is 35.5. The van der Waals surface area contributed by atoms with E-state index in [0.29, 0.717) is 43.3 Å². The minimum atomic E-state index is -1.21. The van der Waals surface area contributed by atoms with E-state index in [0.717, 1.165) is 25.7 Å². The topological polar surface area (TPSA) is 102 Å². The van der Waals surface area contributed by atoms with Crippen LogP contribution in [0.15, 0.2) is 71.5 Å². The van der Waals surface area contributed by atoms with Crippen molar-refractivity contribution in [1.29, 1.82) is 0 Å². The van der Waals surface area contributed by atoms with Gasteiger partial charge in [-0.3, -0.25) is 0 Å². The Morgan fingerprint density at radius 1 is 0.738 bits per heavy atom. The molecule has 0 amide bonds. The van der Waals surface area contributed by atoms with Gasteiger partial charge in [0.25, 0.3) is 0 Å². The summed E-state index contributed by atoms with van der Waals surface area (Å²) in [5, 5.41) is 35.5. The number of hydrogen-bond donors (Lipinski definition) is 2. The first-order chi connectivity index (χ1) is 20.2. The van der Waals surface area contributed by atoms with Crippen molar-refractivity contribution in [3.8, 4) is 0 Å². The van der Waals surface area contributed by atoms with E-state index in [-0.39, 0.29) is 24.9 Å². The zero-order valence-corrected chi connectivity index (χ0v) is 26.6. The average Bonchev–Trinajstić information content (AvgIpc) is 3.92. The van der Waals surface area contributed by atoms with Crippen molar-refractivity contribution in [2.75, 3.05) is 0 Å². The highest BCUT2D eigenvalue weighted by Crippen LogP contribution is 2.50. The Bertz CT molecular complexity index is 1430. The Labute approximate surface area is 263 Å². The molecular formula is C30H34Cl2N6O2S2. The number of benzene rings is 2. The number of nitrogens with zero attached hydrogens (tertiary/aromatic N) is 6. The Morgan fingerprint density at radius 3 is 1.48 bits per heavy atom. The van der Waals surface area contributed by atoms with E-state index in [4.69, 9.17) is 23.2 Å². The first kappa shape index (κ1) is 30.0. The van der Waals surface area contributed by atoms with E-state index in [1.807, 2.05) is 48.5 Å². The fourth-order valence-corrected chi connectivity index (χ4v) is 8.48. The summed E-state index contributed by atoms with van der Waals surface area (Å²) in [4.78, 5) is 8.97. The standard InChI is InChI=1S/C30H34Cl2N6O2S2/c1-19(21-11-12-21)29(39,23-7-3-5-9-25(23)31)15-37-27(33-17-35-37)41-42-28-34-18-36-38(28)16-30(40,20(2)22-13-14-22)24-8-4-6-10-26(24)32/h3-10,17-22,39-40H,11-16H2,1-2H3. The van der Waals surface area contributed by atoms with Crippen LogP contribution in [0.3, 0.4) is 0 Å². The molecule has 222 valence electrons. The van der Waals surface area contributed by atoms with Gasteiger partial charge in [-0.2, -0.15) is 10.2 Å². The average molecular weight is 646 g/mol. The molecule has 12 heteroatoms. The fourth-order valence-electron chi connectivity index (χ4n) is 5.93. The van der Waals surface area contributed by atoms with E-state index < -0.39 is 11.2 Å². The van der Waals surface area contributed by atoms with Gasteiger partial charge >= 0.3 is 0 Å². The van der Waals surface area contributed by atoms with Gasteiger partial charge in [0.2, 0.25) is 0 Å². The first-order valence-corrected chi connectivity index (χ1v) is 17.2. The molecule has 0 radical (unpaired) electrons. The number of rotatable bonds is 13. The van der Waals surface area contributed by atoms with Crippen molar-refractivity contribution in [2.24, 2.45) is 23.7 Å². The zero-order chi connectivity index (χ0) is 29.5. The van der Waals surface area contributed by atoms with Crippen molar-refractivity contribution in [1.82, 2.24) is 29.5 Å². The van der Waals surface area contributed by atoms with Gasteiger partial charge in [-0.15, -0.1) is 0 Å². The molecule has 4 atom stereocenters. The summed E-state index contributed by atoms with van der Waals surface area (Å²) in [7, 11) is 2.77. The Morgan fingerprint density at radius 2 is 1.12 bits per heavy atom. The van der Waals surface area contributed by atoms with Gasteiger partial charge in [0.1, 0.15) is 23.9 Å². The van der Waals surface area contributed by atoms with Crippen LogP contribution in [-0.4, -0.2) is 39.7 Å². The van der Waals surface area contributed by atoms with Crippen LogP contribution in [0.25, 0.3) is 0 Å². The first-order valence-electron chi connectivity index (χ1n) is 14.3. The summed E-state index contributed by atoms with van der Waals surface area (Å²) >= 11 is 13.2. The van der Waals surface area contributed by atoms with Crippen molar-refractivity contribution >= 4 is 44.8 Å². The van der Waals surface area contributed by atoms with E-state index in [1.54, 1.807) is 9.36 Å². The molecule has 2 aromatic carbocycles. The quantitative estimate of drug-likeness (QED) is 0.152. The molecule has 4 aromatic rings. The lowest BCUT2D eigenvalue weighted by molar-refractivity contribution is -0.0464. The normalized spacial score (nSPS) is 19.7. The summed E-state index contributed by atoms with van der Waals surface area (Å²) in [6, 6.07) is 15.0. The maximum atomic E-state index is 12.1. The Balaban J connectivity index is 1.22. The second kappa shape index (κ2) is 12.1. The largest absolute Gasteiger partial charge is 0.383 e. The lowest BCUT2D eigenvalue weighted by Gasteiger charge is -2.36. The van der Waals surface area contributed by atoms with Gasteiger partial charge in [0, 0.05) is 21.2 Å². The third-order valence-electron chi connectivity index (χ3n) is 8.98. The molecule has 2 saturated carbocycles. The van der Waals surface area contributed by atoms with Crippen LogP contribution in [-0.2, 0) is 24.3 Å². The van der Waals surface area contributed by atoms with Crippen LogP contribution in [0.5, 0.6) is 0 Å². The van der Waals surface area contributed by atoms with E-state index in [1.165, 1.54) is 34.2 Å². The molecule has 8 nitrogen and oxygen atoms in total. The third-order valence-corrected chi connectivity index (χ3v) is 11.8. The number of hydrogen-bond acceptors (Lipinski definition) is 8. The highest BCUT2D eigenvalue weighted by Gasteiger charge is 2.47. The molecule has 2 N–H and O–H groups in total. The maximum absolute atomic E-state index is 12.1. The minimum absolute atomic E-state index is 0.00820. The molecular weight excluding hydrogens is 611 g/mol. The molecule has 2 heterocycles. The predicted molar refractivity (Wildman–Crippen MR) is 166 cm³/mol. The van der Waals surface area contributed by atoms with Crippen molar-refractivity contribution < 1.29 is 10.2 Å². The van der Waals surface area contributed by atoms with Crippen LogP contribution < -0.4 is 0 Å². The lowest BCUT2D eigenvalue weighted by Crippen LogP contribution is -2.40.